The summed E-state index contributed by atoms with van der Waals surface area (Å²) in [7, 11) is 1.34. The molecule has 7 heteroatoms. The Balaban J connectivity index is 2.22. The van der Waals surface area contributed by atoms with E-state index >= 15 is 0 Å². The lowest BCUT2D eigenvalue weighted by Gasteiger charge is -2.11. The number of methoxy groups -OCH3 is 1. The third-order valence-corrected chi connectivity index (χ3v) is 3.65. The van der Waals surface area contributed by atoms with Crippen LogP contribution in [0.3, 0.4) is 0 Å². The summed E-state index contributed by atoms with van der Waals surface area (Å²) in [6.45, 7) is 4.84. The normalized spacial score (nSPS) is 10.3. The van der Waals surface area contributed by atoms with E-state index in [1.165, 1.54) is 7.11 Å². The highest BCUT2D eigenvalue weighted by Crippen LogP contribution is 2.26. The van der Waals surface area contributed by atoms with Crippen LogP contribution in [-0.2, 0) is 4.74 Å². The number of rotatable bonds is 7. The number of ether oxygens (including phenoxy) is 1. The Labute approximate surface area is 146 Å². The van der Waals surface area contributed by atoms with Gasteiger partial charge in [0, 0.05) is 18.3 Å². The molecule has 0 unspecified atom stereocenters. The van der Waals surface area contributed by atoms with Gasteiger partial charge in [-0.25, -0.2) is 9.78 Å². The Morgan fingerprint density at radius 1 is 1.29 bits per heavy atom. The smallest absolute Gasteiger partial charge is 0.337 e. The number of aryl methyl sites for hydroxylation is 1. The molecule has 128 valence electrons. The van der Waals surface area contributed by atoms with Gasteiger partial charge in [0.2, 0.25) is 5.95 Å². The van der Waals surface area contributed by atoms with Gasteiger partial charge in [-0.15, -0.1) is 0 Å². The molecule has 0 radical (unpaired) electrons. The second-order valence-electron chi connectivity index (χ2n) is 5.31. The molecule has 0 aliphatic heterocycles. The fourth-order valence-electron chi connectivity index (χ4n) is 2.09. The molecule has 0 atom stereocenters. The van der Waals surface area contributed by atoms with Gasteiger partial charge in [-0.05, 0) is 31.5 Å². The summed E-state index contributed by atoms with van der Waals surface area (Å²) in [6.07, 6.45) is 2.15. The van der Waals surface area contributed by atoms with Gasteiger partial charge in [0.25, 0.3) is 0 Å². The number of aromatic nitrogens is 2. The zero-order valence-corrected chi connectivity index (χ0v) is 14.8. The number of anilines is 3. The van der Waals surface area contributed by atoms with Crippen molar-refractivity contribution in [2.24, 2.45) is 0 Å². The second-order valence-corrected chi connectivity index (χ2v) is 5.72. The van der Waals surface area contributed by atoms with Crippen LogP contribution in [0.5, 0.6) is 0 Å². The lowest BCUT2D eigenvalue weighted by molar-refractivity contribution is 0.0601. The molecule has 0 bridgehead atoms. The maximum absolute atomic E-state index is 11.7. The molecule has 24 heavy (non-hydrogen) atoms. The molecule has 2 N–H and O–H groups in total. The summed E-state index contributed by atoms with van der Waals surface area (Å²) < 4.78 is 4.73. The highest BCUT2D eigenvalue weighted by molar-refractivity contribution is 6.33. The minimum Gasteiger partial charge on any atom is -0.465 e. The molecule has 1 aromatic heterocycles. The summed E-state index contributed by atoms with van der Waals surface area (Å²) in [5.41, 5.74) is 1.82. The van der Waals surface area contributed by atoms with Gasteiger partial charge in [0.05, 0.1) is 23.4 Å². The zero-order valence-electron chi connectivity index (χ0n) is 14.0. The first-order valence-electron chi connectivity index (χ1n) is 7.78. The molecule has 2 aromatic rings. The number of unbranched alkanes of at least 4 members (excludes halogenated alkanes) is 1. The van der Waals surface area contributed by atoms with Gasteiger partial charge in [-0.3, -0.25) is 0 Å². The predicted molar refractivity (Wildman–Crippen MR) is 96.2 cm³/mol. The highest BCUT2D eigenvalue weighted by Gasteiger charge is 2.10. The fraction of sp³-hybridized carbons (Fsp3) is 0.353. The lowest BCUT2D eigenvalue weighted by atomic mass is 10.2. The van der Waals surface area contributed by atoms with Crippen molar-refractivity contribution in [1.29, 1.82) is 0 Å². The minimum absolute atomic E-state index is 0.413. The van der Waals surface area contributed by atoms with E-state index in [-0.39, 0.29) is 0 Å². The first kappa shape index (κ1) is 18.0. The Hall–Kier alpha value is -2.34. The molecule has 0 saturated carbocycles. The molecule has 1 heterocycles. The Morgan fingerprint density at radius 3 is 2.79 bits per heavy atom. The largest absolute Gasteiger partial charge is 0.465 e. The third kappa shape index (κ3) is 4.83. The lowest BCUT2D eigenvalue weighted by Crippen LogP contribution is -2.08. The maximum atomic E-state index is 11.7. The van der Waals surface area contributed by atoms with Crippen molar-refractivity contribution in [3.63, 3.8) is 0 Å². The van der Waals surface area contributed by atoms with Crippen molar-refractivity contribution in [3.8, 4) is 0 Å². The minimum atomic E-state index is -0.421. The van der Waals surface area contributed by atoms with Gasteiger partial charge in [-0.2, -0.15) is 4.98 Å². The third-order valence-electron chi connectivity index (χ3n) is 3.32. The molecule has 0 saturated heterocycles. The van der Waals surface area contributed by atoms with Crippen LogP contribution in [-0.4, -0.2) is 29.6 Å². The van der Waals surface area contributed by atoms with Crippen LogP contribution in [0, 0.1) is 6.92 Å². The van der Waals surface area contributed by atoms with E-state index in [1.807, 2.05) is 13.0 Å². The van der Waals surface area contributed by atoms with Crippen LogP contribution >= 0.6 is 11.6 Å². The number of carbonyl (C=O) groups excluding carboxylic acids is 1. The van der Waals surface area contributed by atoms with E-state index in [0.717, 1.165) is 25.1 Å². The number of hydrogen-bond acceptors (Lipinski definition) is 6. The number of nitrogens with zero attached hydrogens (tertiary/aromatic N) is 2. The average Bonchev–Trinajstić information content (AvgIpc) is 2.56. The molecule has 0 spiro atoms. The molecule has 6 nitrogen and oxygen atoms in total. The molecule has 0 aliphatic rings. The number of hydrogen-bond donors (Lipinski definition) is 2. The van der Waals surface area contributed by atoms with Crippen LogP contribution in [0.25, 0.3) is 0 Å². The van der Waals surface area contributed by atoms with Crippen molar-refractivity contribution in [2.45, 2.75) is 26.7 Å². The molecule has 1 aromatic carbocycles. The number of carbonyl (C=O) groups is 1. The predicted octanol–water partition coefficient (Wildman–Crippen LogP) is 4.18. The zero-order chi connectivity index (χ0) is 17.5. The summed E-state index contributed by atoms with van der Waals surface area (Å²) in [6, 6.07) is 6.70. The van der Waals surface area contributed by atoms with Crippen LogP contribution in [0.4, 0.5) is 17.5 Å². The van der Waals surface area contributed by atoms with Crippen LogP contribution in [0.15, 0.2) is 24.3 Å². The SMILES string of the molecule is CCCCNc1nc(C)cc(Nc2cc(C(=O)OC)ccc2Cl)n1. The number of benzene rings is 1. The van der Waals surface area contributed by atoms with E-state index in [2.05, 4.69) is 27.5 Å². The summed E-state index contributed by atoms with van der Waals surface area (Å²) >= 11 is 6.20. The van der Waals surface area contributed by atoms with Gasteiger partial charge >= 0.3 is 5.97 Å². The number of nitrogens with one attached hydrogen (secondary N) is 2. The van der Waals surface area contributed by atoms with Gasteiger partial charge in [0.1, 0.15) is 5.82 Å². The molecule has 0 aliphatic carbocycles. The first-order chi connectivity index (χ1) is 11.5. The van der Waals surface area contributed by atoms with Crippen LogP contribution in [0.2, 0.25) is 5.02 Å². The van der Waals surface area contributed by atoms with E-state index in [9.17, 15) is 4.79 Å². The standard InChI is InChI=1S/C17H21ClN4O2/c1-4-5-8-19-17-20-11(2)9-15(22-17)21-14-10-12(16(23)24-3)6-7-13(14)18/h6-7,9-10H,4-5,8H2,1-3H3,(H2,19,20,21,22). The van der Waals surface area contributed by atoms with Crippen molar-refractivity contribution < 1.29 is 9.53 Å². The van der Waals surface area contributed by atoms with Crippen molar-refractivity contribution in [1.82, 2.24) is 9.97 Å². The van der Waals surface area contributed by atoms with E-state index in [4.69, 9.17) is 16.3 Å². The van der Waals surface area contributed by atoms with Crippen molar-refractivity contribution in [3.05, 3.63) is 40.5 Å². The topological polar surface area (TPSA) is 76.1 Å². The summed E-state index contributed by atoms with van der Waals surface area (Å²) in [5, 5.41) is 6.81. The molecule has 2 rings (SSSR count). The van der Waals surface area contributed by atoms with E-state index < -0.39 is 5.97 Å². The molecule has 0 fully saturated rings. The van der Waals surface area contributed by atoms with Crippen molar-refractivity contribution in [2.75, 3.05) is 24.3 Å². The fourth-order valence-corrected chi connectivity index (χ4v) is 2.26. The average molecular weight is 349 g/mol. The first-order valence-corrected chi connectivity index (χ1v) is 8.15. The number of halogens is 1. The Bertz CT molecular complexity index is 722. The molecule has 0 amide bonds. The monoisotopic (exact) mass is 348 g/mol. The van der Waals surface area contributed by atoms with E-state index in [1.54, 1.807) is 18.2 Å². The summed E-state index contributed by atoms with van der Waals surface area (Å²) in [5.74, 6) is 0.743. The quantitative estimate of drug-likeness (QED) is 0.577. The van der Waals surface area contributed by atoms with Crippen molar-refractivity contribution >= 4 is 35.0 Å². The van der Waals surface area contributed by atoms with Gasteiger partial charge in [0.15, 0.2) is 0 Å². The van der Waals surface area contributed by atoms with Crippen LogP contribution in [0.1, 0.15) is 35.8 Å². The van der Waals surface area contributed by atoms with Gasteiger partial charge < -0.3 is 15.4 Å². The van der Waals surface area contributed by atoms with E-state index in [0.29, 0.717) is 28.0 Å². The number of esters is 1. The highest BCUT2D eigenvalue weighted by atomic mass is 35.5. The summed E-state index contributed by atoms with van der Waals surface area (Å²) in [4.78, 5) is 20.4. The maximum Gasteiger partial charge on any atom is 0.337 e. The Morgan fingerprint density at radius 2 is 2.08 bits per heavy atom. The molecular weight excluding hydrogens is 328 g/mol. The molecular formula is C17H21ClN4O2. The Kier molecular flexibility index (Phi) is 6.37. The van der Waals surface area contributed by atoms with Crippen LogP contribution < -0.4 is 10.6 Å². The van der Waals surface area contributed by atoms with Gasteiger partial charge in [-0.1, -0.05) is 24.9 Å². The second kappa shape index (κ2) is 8.49.